The van der Waals surface area contributed by atoms with Crippen molar-refractivity contribution >= 4 is 17.7 Å². The lowest BCUT2D eigenvalue weighted by molar-refractivity contribution is -0.133. The zero-order valence-electron chi connectivity index (χ0n) is 14.3. The highest BCUT2D eigenvalue weighted by Crippen LogP contribution is 2.32. The van der Waals surface area contributed by atoms with E-state index in [1.807, 2.05) is 11.8 Å². The van der Waals surface area contributed by atoms with E-state index < -0.39 is 0 Å². The number of rotatable bonds is 6. The molecule has 2 aliphatic heterocycles. The van der Waals surface area contributed by atoms with Crippen LogP contribution in [0.3, 0.4) is 0 Å². The standard InChI is InChI=1S/C19H27N3OS/c23-19-18(8-9-22(19)16-6-7-16)21-12-10-20(11-13-21)14-15-24-17-4-2-1-3-5-17/h1-5,16,18H,6-15H2/t18-/m0/s1. The maximum absolute atomic E-state index is 12.6. The number of benzene rings is 1. The molecule has 24 heavy (non-hydrogen) atoms. The van der Waals surface area contributed by atoms with Crippen LogP contribution in [0.25, 0.3) is 0 Å². The Morgan fingerprint density at radius 1 is 0.958 bits per heavy atom. The van der Waals surface area contributed by atoms with Gasteiger partial charge in [0.05, 0.1) is 6.04 Å². The Labute approximate surface area is 149 Å². The topological polar surface area (TPSA) is 26.8 Å². The zero-order valence-corrected chi connectivity index (χ0v) is 15.1. The highest BCUT2D eigenvalue weighted by molar-refractivity contribution is 7.99. The Bertz CT molecular complexity index is 555. The molecule has 2 saturated heterocycles. The summed E-state index contributed by atoms with van der Waals surface area (Å²) in [6.45, 7) is 6.42. The number of likely N-dealkylation sites (tertiary alicyclic amines) is 1. The molecule has 1 amide bonds. The van der Waals surface area contributed by atoms with E-state index in [-0.39, 0.29) is 6.04 Å². The Morgan fingerprint density at radius 3 is 2.42 bits per heavy atom. The average molecular weight is 346 g/mol. The Hall–Kier alpha value is -1.04. The summed E-state index contributed by atoms with van der Waals surface area (Å²) in [5.74, 6) is 1.55. The van der Waals surface area contributed by atoms with Gasteiger partial charge in [0.1, 0.15) is 0 Å². The van der Waals surface area contributed by atoms with Gasteiger partial charge in [0.15, 0.2) is 0 Å². The second-order valence-corrected chi connectivity index (χ2v) is 8.27. The summed E-state index contributed by atoms with van der Waals surface area (Å²) >= 11 is 1.93. The molecule has 1 aliphatic carbocycles. The number of piperazine rings is 1. The average Bonchev–Trinajstić information content (AvgIpc) is 3.39. The molecule has 4 rings (SSSR count). The molecule has 1 aromatic rings. The van der Waals surface area contributed by atoms with Crippen LogP contribution in [0, 0.1) is 0 Å². The molecule has 1 atom stereocenters. The van der Waals surface area contributed by atoms with E-state index in [1.165, 1.54) is 17.7 Å². The van der Waals surface area contributed by atoms with Crippen molar-refractivity contribution in [3.05, 3.63) is 30.3 Å². The summed E-state index contributed by atoms with van der Waals surface area (Å²) in [6, 6.07) is 11.4. The van der Waals surface area contributed by atoms with Crippen molar-refractivity contribution in [2.75, 3.05) is 45.0 Å². The van der Waals surface area contributed by atoms with Gasteiger partial charge in [-0.05, 0) is 31.4 Å². The van der Waals surface area contributed by atoms with Crippen LogP contribution in [-0.2, 0) is 4.79 Å². The van der Waals surface area contributed by atoms with Gasteiger partial charge in [-0.3, -0.25) is 14.6 Å². The minimum atomic E-state index is 0.173. The molecule has 1 aromatic carbocycles. The first-order chi connectivity index (χ1) is 11.8. The second-order valence-electron chi connectivity index (χ2n) is 7.11. The predicted molar refractivity (Wildman–Crippen MR) is 98.3 cm³/mol. The van der Waals surface area contributed by atoms with Gasteiger partial charge in [-0.15, -0.1) is 11.8 Å². The Balaban J connectivity index is 1.19. The third kappa shape index (κ3) is 3.79. The van der Waals surface area contributed by atoms with E-state index in [1.54, 1.807) is 0 Å². The van der Waals surface area contributed by atoms with Crippen molar-refractivity contribution in [3.8, 4) is 0 Å². The molecule has 0 spiro atoms. The largest absolute Gasteiger partial charge is 0.338 e. The van der Waals surface area contributed by atoms with E-state index in [2.05, 4.69) is 45.0 Å². The van der Waals surface area contributed by atoms with Crippen molar-refractivity contribution in [2.45, 2.75) is 36.2 Å². The molecule has 0 N–H and O–H groups in total. The maximum atomic E-state index is 12.6. The molecule has 1 saturated carbocycles. The lowest BCUT2D eigenvalue weighted by Gasteiger charge is -2.37. The van der Waals surface area contributed by atoms with Gasteiger partial charge >= 0.3 is 0 Å². The maximum Gasteiger partial charge on any atom is 0.240 e. The number of hydrogen-bond donors (Lipinski definition) is 0. The second kappa shape index (κ2) is 7.46. The highest BCUT2D eigenvalue weighted by Gasteiger charge is 2.42. The normalized spacial score (nSPS) is 26.2. The van der Waals surface area contributed by atoms with Crippen LogP contribution in [0.5, 0.6) is 0 Å². The fourth-order valence-electron chi connectivity index (χ4n) is 3.88. The number of carbonyl (C=O) groups is 1. The number of amides is 1. The lowest BCUT2D eigenvalue weighted by atomic mass is 10.2. The highest BCUT2D eigenvalue weighted by atomic mass is 32.2. The molecular formula is C19H27N3OS. The summed E-state index contributed by atoms with van der Waals surface area (Å²) in [4.78, 5) is 21.0. The molecule has 2 heterocycles. The van der Waals surface area contributed by atoms with Gasteiger partial charge in [-0.2, -0.15) is 0 Å². The summed E-state index contributed by atoms with van der Waals surface area (Å²) in [7, 11) is 0. The van der Waals surface area contributed by atoms with Crippen LogP contribution in [0.15, 0.2) is 35.2 Å². The lowest BCUT2D eigenvalue weighted by Crippen LogP contribution is -2.52. The van der Waals surface area contributed by atoms with E-state index >= 15 is 0 Å². The fourth-order valence-corrected chi connectivity index (χ4v) is 4.82. The molecular weight excluding hydrogens is 318 g/mol. The molecule has 0 bridgehead atoms. The summed E-state index contributed by atoms with van der Waals surface area (Å²) in [5, 5.41) is 0. The van der Waals surface area contributed by atoms with Crippen LogP contribution < -0.4 is 0 Å². The van der Waals surface area contributed by atoms with Gasteiger partial charge < -0.3 is 4.90 Å². The third-order valence-electron chi connectivity index (χ3n) is 5.47. The fraction of sp³-hybridized carbons (Fsp3) is 0.632. The quantitative estimate of drug-likeness (QED) is 0.738. The molecule has 4 nitrogen and oxygen atoms in total. The van der Waals surface area contributed by atoms with Crippen LogP contribution in [0.2, 0.25) is 0 Å². The molecule has 3 fully saturated rings. The predicted octanol–water partition coefficient (Wildman–Crippen LogP) is 2.16. The van der Waals surface area contributed by atoms with Crippen molar-refractivity contribution < 1.29 is 4.79 Å². The molecule has 0 unspecified atom stereocenters. The summed E-state index contributed by atoms with van der Waals surface area (Å²) in [5.41, 5.74) is 0. The van der Waals surface area contributed by atoms with Crippen LogP contribution in [0.1, 0.15) is 19.3 Å². The molecule has 0 radical (unpaired) electrons. The SMILES string of the molecule is O=C1[C@@H](N2CCN(CCSc3ccccc3)CC2)CCN1C1CC1. The van der Waals surface area contributed by atoms with Crippen molar-refractivity contribution in [3.63, 3.8) is 0 Å². The van der Waals surface area contributed by atoms with Gasteiger partial charge in [-0.1, -0.05) is 18.2 Å². The van der Waals surface area contributed by atoms with Crippen molar-refractivity contribution in [2.24, 2.45) is 0 Å². The zero-order chi connectivity index (χ0) is 16.4. The summed E-state index contributed by atoms with van der Waals surface area (Å²) < 4.78 is 0. The van der Waals surface area contributed by atoms with E-state index in [4.69, 9.17) is 0 Å². The monoisotopic (exact) mass is 345 g/mol. The molecule has 3 aliphatic rings. The van der Waals surface area contributed by atoms with Crippen LogP contribution in [0.4, 0.5) is 0 Å². The van der Waals surface area contributed by atoms with Crippen LogP contribution in [-0.4, -0.2) is 77.7 Å². The van der Waals surface area contributed by atoms with Gasteiger partial charge in [0.25, 0.3) is 0 Å². The first-order valence-electron chi connectivity index (χ1n) is 9.26. The minimum absolute atomic E-state index is 0.173. The van der Waals surface area contributed by atoms with Crippen molar-refractivity contribution in [1.82, 2.24) is 14.7 Å². The number of hydrogen-bond acceptors (Lipinski definition) is 4. The summed E-state index contributed by atoms with van der Waals surface area (Å²) in [6.07, 6.45) is 3.50. The Morgan fingerprint density at radius 2 is 1.71 bits per heavy atom. The Kier molecular flexibility index (Phi) is 5.11. The first kappa shape index (κ1) is 16.4. The number of carbonyl (C=O) groups excluding carboxylic acids is 1. The van der Waals surface area contributed by atoms with Gasteiger partial charge in [-0.25, -0.2) is 0 Å². The number of thioether (sulfide) groups is 1. The third-order valence-corrected chi connectivity index (χ3v) is 6.46. The van der Waals surface area contributed by atoms with Crippen LogP contribution >= 0.6 is 11.8 Å². The number of nitrogens with zero attached hydrogens (tertiary/aromatic N) is 3. The minimum Gasteiger partial charge on any atom is -0.338 e. The smallest absolute Gasteiger partial charge is 0.240 e. The van der Waals surface area contributed by atoms with Gasteiger partial charge in [0.2, 0.25) is 5.91 Å². The van der Waals surface area contributed by atoms with E-state index in [9.17, 15) is 4.79 Å². The molecule has 0 aromatic heterocycles. The van der Waals surface area contributed by atoms with Gasteiger partial charge in [0, 0.05) is 56.0 Å². The van der Waals surface area contributed by atoms with E-state index in [0.717, 1.165) is 51.4 Å². The molecule has 130 valence electrons. The first-order valence-corrected chi connectivity index (χ1v) is 10.2. The van der Waals surface area contributed by atoms with E-state index in [0.29, 0.717) is 11.9 Å². The molecule has 5 heteroatoms. The van der Waals surface area contributed by atoms with Crippen molar-refractivity contribution in [1.29, 1.82) is 0 Å².